The summed E-state index contributed by atoms with van der Waals surface area (Å²) in [5, 5.41) is 2.93. The number of nitrogens with one attached hydrogen (secondary N) is 1. The molecule has 0 aliphatic rings. The summed E-state index contributed by atoms with van der Waals surface area (Å²) in [5.74, 6) is 0.144. The lowest BCUT2D eigenvalue weighted by molar-refractivity contribution is -0.140. The Morgan fingerprint density at radius 1 is 1.00 bits per heavy atom. The van der Waals surface area contributed by atoms with Crippen molar-refractivity contribution in [2.45, 2.75) is 35.9 Å². The lowest BCUT2D eigenvalue weighted by Gasteiger charge is -2.14. The highest BCUT2D eigenvalue weighted by Gasteiger charge is 2.35. The number of para-hydroxylation sites is 1. The van der Waals surface area contributed by atoms with Gasteiger partial charge in [0.05, 0.1) is 0 Å². The largest absolute Gasteiger partial charge is 0.420 e. The van der Waals surface area contributed by atoms with E-state index in [4.69, 9.17) is 0 Å². The maximum Gasteiger partial charge on any atom is 0.420 e. The second-order valence-electron chi connectivity index (χ2n) is 5.86. The number of alkyl halides is 3. The zero-order valence-electron chi connectivity index (χ0n) is 14.6. The lowest BCUT2D eigenvalue weighted by atomic mass is 10.1. The minimum absolute atomic E-state index is 0.126. The zero-order valence-corrected chi connectivity index (χ0v) is 15.4. The Morgan fingerprint density at radius 3 is 2.41 bits per heavy atom. The second-order valence-corrected chi connectivity index (χ2v) is 6.92. The van der Waals surface area contributed by atoms with Crippen LogP contribution in [0, 0.1) is 0 Å². The number of benzene rings is 2. The van der Waals surface area contributed by atoms with Crippen LogP contribution in [0.3, 0.4) is 0 Å². The van der Waals surface area contributed by atoms with Crippen LogP contribution in [0.25, 0.3) is 0 Å². The Balaban J connectivity index is 1.95. The summed E-state index contributed by atoms with van der Waals surface area (Å²) in [5.41, 5.74) is 1.03. The Kier molecular flexibility index (Phi) is 6.01. The Labute approximate surface area is 160 Å². The zero-order chi connectivity index (χ0) is 19.3. The van der Waals surface area contributed by atoms with Gasteiger partial charge in [-0.05, 0) is 30.2 Å². The molecule has 0 bridgehead atoms. The van der Waals surface area contributed by atoms with E-state index in [1.807, 2.05) is 30.3 Å². The minimum atomic E-state index is -4.52. The summed E-state index contributed by atoms with van der Waals surface area (Å²) in [6, 6.07) is 16.5. The molecule has 0 saturated carbocycles. The highest BCUT2D eigenvalue weighted by molar-refractivity contribution is 7.99. The third-order valence-electron chi connectivity index (χ3n) is 3.80. The lowest BCUT2D eigenvalue weighted by Crippen LogP contribution is -2.11. The topological polar surface area (TPSA) is 37.8 Å². The SMILES string of the molecule is CCCc1ccccc1Nc1ncc(C(F)(F)F)c(Sc2ccccc2)n1. The van der Waals surface area contributed by atoms with E-state index in [0.29, 0.717) is 4.90 Å². The molecular weight excluding hydrogens is 371 g/mol. The molecule has 1 N–H and O–H groups in total. The first kappa shape index (κ1) is 19.2. The molecule has 1 aromatic heterocycles. The normalized spacial score (nSPS) is 11.4. The van der Waals surface area contributed by atoms with Crippen molar-refractivity contribution in [3.8, 4) is 0 Å². The summed E-state index contributed by atoms with van der Waals surface area (Å²) in [6.45, 7) is 2.07. The summed E-state index contributed by atoms with van der Waals surface area (Å²) in [7, 11) is 0. The Hall–Kier alpha value is -2.54. The van der Waals surface area contributed by atoms with E-state index in [-0.39, 0.29) is 11.0 Å². The number of nitrogens with zero attached hydrogens (tertiary/aromatic N) is 2. The Bertz CT molecular complexity index is 898. The summed E-state index contributed by atoms with van der Waals surface area (Å²) in [6.07, 6.45) is -1.87. The van der Waals surface area contributed by atoms with Crippen LogP contribution in [0.1, 0.15) is 24.5 Å². The quantitative estimate of drug-likeness (QED) is 0.499. The van der Waals surface area contributed by atoms with Crippen molar-refractivity contribution in [2.24, 2.45) is 0 Å². The van der Waals surface area contributed by atoms with Crippen LogP contribution in [-0.2, 0) is 12.6 Å². The van der Waals surface area contributed by atoms with Gasteiger partial charge in [-0.25, -0.2) is 9.97 Å². The highest BCUT2D eigenvalue weighted by atomic mass is 32.2. The average molecular weight is 389 g/mol. The van der Waals surface area contributed by atoms with Gasteiger partial charge >= 0.3 is 6.18 Å². The molecule has 0 saturated heterocycles. The van der Waals surface area contributed by atoms with Crippen LogP contribution >= 0.6 is 11.8 Å². The van der Waals surface area contributed by atoms with Crippen molar-refractivity contribution >= 4 is 23.4 Å². The number of rotatable bonds is 6. The standard InChI is InChI=1S/C20H18F3N3S/c1-2-8-14-9-6-7-12-17(14)25-19-24-13-16(20(21,22)23)18(26-19)27-15-10-4-3-5-11-15/h3-7,9-13H,2,8H2,1H3,(H,24,25,26). The first-order valence-electron chi connectivity index (χ1n) is 8.49. The third-order valence-corrected chi connectivity index (χ3v) is 4.81. The molecule has 0 radical (unpaired) electrons. The predicted molar refractivity (Wildman–Crippen MR) is 101 cm³/mol. The van der Waals surface area contributed by atoms with Crippen LogP contribution in [0.15, 0.2) is 70.7 Å². The van der Waals surface area contributed by atoms with E-state index in [9.17, 15) is 13.2 Å². The van der Waals surface area contributed by atoms with Crippen molar-refractivity contribution in [2.75, 3.05) is 5.32 Å². The molecule has 3 aromatic rings. The maximum absolute atomic E-state index is 13.4. The average Bonchev–Trinajstić information content (AvgIpc) is 2.64. The predicted octanol–water partition coefficient (Wildman–Crippen LogP) is 6.34. The number of hydrogen-bond donors (Lipinski definition) is 1. The monoisotopic (exact) mass is 389 g/mol. The number of aromatic nitrogens is 2. The van der Waals surface area contributed by atoms with Crippen LogP contribution in [0.2, 0.25) is 0 Å². The van der Waals surface area contributed by atoms with E-state index in [0.717, 1.165) is 42.1 Å². The van der Waals surface area contributed by atoms with Crippen molar-refractivity contribution in [1.82, 2.24) is 9.97 Å². The summed E-state index contributed by atoms with van der Waals surface area (Å²) >= 11 is 0.969. The van der Waals surface area contributed by atoms with Crippen molar-refractivity contribution < 1.29 is 13.2 Å². The van der Waals surface area contributed by atoms with Gasteiger partial charge in [-0.1, -0.05) is 61.5 Å². The smallest absolute Gasteiger partial charge is 0.324 e. The minimum Gasteiger partial charge on any atom is -0.324 e. The van der Waals surface area contributed by atoms with Gasteiger partial charge in [0.1, 0.15) is 10.6 Å². The number of anilines is 2. The fourth-order valence-electron chi connectivity index (χ4n) is 2.55. The van der Waals surface area contributed by atoms with Gasteiger partial charge in [-0.15, -0.1) is 0 Å². The molecule has 0 unspecified atom stereocenters. The summed E-state index contributed by atoms with van der Waals surface area (Å²) in [4.78, 5) is 8.72. The van der Waals surface area contributed by atoms with E-state index >= 15 is 0 Å². The molecule has 3 rings (SSSR count). The molecule has 0 spiro atoms. The molecule has 0 aliphatic heterocycles. The molecule has 1 heterocycles. The Morgan fingerprint density at radius 2 is 1.70 bits per heavy atom. The fourth-order valence-corrected chi connectivity index (χ4v) is 3.48. The fraction of sp³-hybridized carbons (Fsp3) is 0.200. The van der Waals surface area contributed by atoms with Gasteiger partial charge in [-0.2, -0.15) is 13.2 Å². The van der Waals surface area contributed by atoms with E-state index < -0.39 is 11.7 Å². The van der Waals surface area contributed by atoms with E-state index in [1.165, 1.54) is 0 Å². The molecule has 0 amide bonds. The van der Waals surface area contributed by atoms with Gasteiger partial charge < -0.3 is 5.32 Å². The highest BCUT2D eigenvalue weighted by Crippen LogP contribution is 2.38. The van der Waals surface area contributed by atoms with E-state index in [2.05, 4.69) is 22.2 Å². The van der Waals surface area contributed by atoms with Gasteiger partial charge in [-0.3, -0.25) is 0 Å². The first-order valence-corrected chi connectivity index (χ1v) is 9.31. The summed E-state index contributed by atoms with van der Waals surface area (Å²) < 4.78 is 40.1. The van der Waals surface area contributed by atoms with E-state index in [1.54, 1.807) is 24.3 Å². The maximum atomic E-state index is 13.4. The van der Waals surface area contributed by atoms with Gasteiger partial charge in [0.25, 0.3) is 0 Å². The molecule has 0 fully saturated rings. The van der Waals surface area contributed by atoms with Gasteiger partial charge in [0, 0.05) is 16.8 Å². The molecule has 0 atom stereocenters. The molecule has 2 aromatic carbocycles. The van der Waals surface area contributed by atoms with Gasteiger partial charge in [0.15, 0.2) is 0 Å². The van der Waals surface area contributed by atoms with Crippen molar-refractivity contribution in [3.05, 3.63) is 71.9 Å². The molecule has 3 nitrogen and oxygen atoms in total. The van der Waals surface area contributed by atoms with Crippen molar-refractivity contribution in [1.29, 1.82) is 0 Å². The second kappa shape index (κ2) is 8.43. The van der Waals surface area contributed by atoms with Crippen molar-refractivity contribution in [3.63, 3.8) is 0 Å². The van der Waals surface area contributed by atoms with Gasteiger partial charge in [0.2, 0.25) is 5.95 Å². The molecule has 140 valence electrons. The molecule has 0 aliphatic carbocycles. The number of hydrogen-bond acceptors (Lipinski definition) is 4. The third kappa shape index (κ3) is 5.01. The van der Waals surface area contributed by atoms with Crippen LogP contribution in [0.4, 0.5) is 24.8 Å². The molecule has 7 heteroatoms. The van der Waals surface area contributed by atoms with Crippen LogP contribution in [0.5, 0.6) is 0 Å². The van der Waals surface area contributed by atoms with Crippen LogP contribution < -0.4 is 5.32 Å². The molecule has 27 heavy (non-hydrogen) atoms. The molecular formula is C20H18F3N3S. The number of halogens is 3. The number of aryl methyl sites for hydroxylation is 1. The first-order chi connectivity index (χ1) is 13.0. The van der Waals surface area contributed by atoms with Crippen LogP contribution in [-0.4, -0.2) is 9.97 Å².